The van der Waals surface area contributed by atoms with Crippen LogP contribution in [0.3, 0.4) is 0 Å². The Morgan fingerprint density at radius 2 is 1.00 bits per heavy atom. The van der Waals surface area contributed by atoms with Crippen LogP contribution < -0.4 is 0 Å². The predicted octanol–water partition coefficient (Wildman–Crippen LogP) is 4.81. The van der Waals surface area contributed by atoms with Crippen molar-refractivity contribution in [2.75, 3.05) is 0 Å². The Morgan fingerprint density at radius 3 is 1.28 bits per heavy atom. The standard InChI is InChI=1S/2C12H14O4/c1-12(2,3)9-5-7(10(13)14)4-8(6-9)11(15)16;1-2-3-4-8-5-9(11(13)14)7-10(6-8)12(15)16/h4-6H,1-3H3,(H,13,14)(H,15,16);5-7H,2-4H2,1H3,(H,13,14)(H,15,16). The summed E-state index contributed by atoms with van der Waals surface area (Å²) in [5.74, 6) is -4.43. The molecule has 0 aliphatic heterocycles. The second kappa shape index (κ2) is 11.1. The van der Waals surface area contributed by atoms with Crippen molar-refractivity contribution in [2.24, 2.45) is 0 Å². The molecule has 8 heteroatoms. The average Bonchev–Trinajstić information content (AvgIpc) is 2.71. The van der Waals surface area contributed by atoms with Crippen LogP contribution in [-0.4, -0.2) is 44.3 Å². The summed E-state index contributed by atoms with van der Waals surface area (Å²) in [4.78, 5) is 43.3. The van der Waals surface area contributed by atoms with E-state index in [1.807, 2.05) is 27.7 Å². The van der Waals surface area contributed by atoms with Crippen LogP contribution in [-0.2, 0) is 11.8 Å². The van der Waals surface area contributed by atoms with E-state index >= 15 is 0 Å². The SMILES string of the molecule is CC(C)(C)c1cc(C(=O)O)cc(C(=O)O)c1.CCCCc1cc(C(=O)O)cc(C(=O)O)c1. The van der Waals surface area contributed by atoms with Crippen LogP contribution in [0.15, 0.2) is 36.4 Å². The van der Waals surface area contributed by atoms with E-state index in [1.54, 1.807) is 0 Å². The normalized spacial score (nSPS) is 10.6. The highest BCUT2D eigenvalue weighted by atomic mass is 16.4. The van der Waals surface area contributed by atoms with Crippen LogP contribution in [0.25, 0.3) is 0 Å². The summed E-state index contributed by atoms with van der Waals surface area (Å²) in [7, 11) is 0. The fourth-order valence-electron chi connectivity index (χ4n) is 2.77. The van der Waals surface area contributed by atoms with Gasteiger partial charge in [0.15, 0.2) is 0 Å². The van der Waals surface area contributed by atoms with Gasteiger partial charge in [0, 0.05) is 0 Å². The molecular formula is C24H28O8. The number of aromatic carboxylic acids is 4. The first-order chi connectivity index (χ1) is 14.8. The van der Waals surface area contributed by atoms with E-state index in [1.165, 1.54) is 36.4 Å². The predicted molar refractivity (Wildman–Crippen MR) is 118 cm³/mol. The van der Waals surface area contributed by atoms with Gasteiger partial charge in [-0.25, -0.2) is 19.2 Å². The Bertz CT molecular complexity index is 951. The zero-order chi connectivity index (χ0) is 24.6. The summed E-state index contributed by atoms with van der Waals surface area (Å²) in [6.07, 6.45) is 2.61. The van der Waals surface area contributed by atoms with Crippen molar-refractivity contribution >= 4 is 23.9 Å². The van der Waals surface area contributed by atoms with E-state index in [0.29, 0.717) is 12.0 Å². The summed E-state index contributed by atoms with van der Waals surface area (Å²) in [6.45, 7) is 7.73. The van der Waals surface area contributed by atoms with Gasteiger partial charge >= 0.3 is 23.9 Å². The number of unbranched alkanes of at least 4 members (excludes halogenated alkanes) is 1. The van der Waals surface area contributed by atoms with E-state index in [-0.39, 0.29) is 27.7 Å². The smallest absolute Gasteiger partial charge is 0.335 e. The maximum absolute atomic E-state index is 10.9. The molecule has 0 amide bonds. The Balaban J connectivity index is 0.000000320. The van der Waals surface area contributed by atoms with Crippen molar-refractivity contribution in [1.29, 1.82) is 0 Å². The van der Waals surface area contributed by atoms with Gasteiger partial charge in [-0.2, -0.15) is 0 Å². The molecule has 0 fully saturated rings. The highest BCUT2D eigenvalue weighted by molar-refractivity contribution is 5.94. The van der Waals surface area contributed by atoms with Gasteiger partial charge in [0.1, 0.15) is 0 Å². The molecule has 0 aliphatic carbocycles. The Labute approximate surface area is 186 Å². The first-order valence-electron chi connectivity index (χ1n) is 9.99. The Hall–Kier alpha value is -3.68. The highest BCUT2D eigenvalue weighted by Crippen LogP contribution is 2.24. The molecule has 0 atom stereocenters. The first-order valence-corrected chi connectivity index (χ1v) is 9.99. The van der Waals surface area contributed by atoms with Gasteiger partial charge in [-0.05, 0) is 65.8 Å². The third-order valence-electron chi connectivity index (χ3n) is 4.60. The number of benzene rings is 2. The van der Waals surface area contributed by atoms with Gasteiger partial charge in [0.25, 0.3) is 0 Å². The Kier molecular flexibility index (Phi) is 9.13. The topological polar surface area (TPSA) is 149 Å². The molecule has 4 N–H and O–H groups in total. The summed E-state index contributed by atoms with van der Waals surface area (Å²) in [5.41, 5.74) is 1.26. The van der Waals surface area contributed by atoms with Gasteiger partial charge in [0.05, 0.1) is 22.3 Å². The fourth-order valence-corrected chi connectivity index (χ4v) is 2.77. The number of hydrogen-bond acceptors (Lipinski definition) is 4. The molecule has 0 spiro atoms. The van der Waals surface area contributed by atoms with Crippen molar-refractivity contribution in [2.45, 2.75) is 52.4 Å². The number of carbonyl (C=O) groups is 4. The molecule has 0 unspecified atom stereocenters. The monoisotopic (exact) mass is 444 g/mol. The van der Waals surface area contributed by atoms with Gasteiger partial charge in [0.2, 0.25) is 0 Å². The van der Waals surface area contributed by atoms with Gasteiger partial charge in [-0.15, -0.1) is 0 Å². The first kappa shape index (κ1) is 26.4. The number of rotatable bonds is 7. The van der Waals surface area contributed by atoms with Crippen molar-refractivity contribution in [3.8, 4) is 0 Å². The third kappa shape index (κ3) is 7.86. The lowest BCUT2D eigenvalue weighted by molar-refractivity contribution is 0.0676. The van der Waals surface area contributed by atoms with Gasteiger partial charge in [-0.1, -0.05) is 34.1 Å². The summed E-state index contributed by atoms with van der Waals surface area (Å²) < 4.78 is 0. The zero-order valence-electron chi connectivity index (χ0n) is 18.5. The lowest BCUT2D eigenvalue weighted by Gasteiger charge is -2.20. The highest BCUT2D eigenvalue weighted by Gasteiger charge is 2.19. The molecule has 2 aromatic carbocycles. The van der Waals surface area contributed by atoms with E-state index in [9.17, 15) is 19.2 Å². The molecule has 0 bridgehead atoms. The quantitative estimate of drug-likeness (QED) is 0.475. The largest absolute Gasteiger partial charge is 0.478 e. The number of carboxylic acid groups (broad SMARTS) is 4. The van der Waals surface area contributed by atoms with Crippen LogP contribution in [0.5, 0.6) is 0 Å². The van der Waals surface area contributed by atoms with Crippen LogP contribution >= 0.6 is 0 Å². The third-order valence-corrected chi connectivity index (χ3v) is 4.60. The number of hydrogen-bond donors (Lipinski definition) is 4. The number of aryl methyl sites for hydroxylation is 1. The molecule has 0 aliphatic rings. The van der Waals surface area contributed by atoms with E-state index in [0.717, 1.165) is 18.4 Å². The van der Waals surface area contributed by atoms with Crippen LogP contribution in [0, 0.1) is 0 Å². The molecule has 2 rings (SSSR count). The van der Waals surface area contributed by atoms with Gasteiger partial charge < -0.3 is 20.4 Å². The van der Waals surface area contributed by atoms with Crippen molar-refractivity contribution < 1.29 is 39.6 Å². The summed E-state index contributed by atoms with van der Waals surface area (Å²) in [5, 5.41) is 35.5. The van der Waals surface area contributed by atoms with Crippen LogP contribution in [0.4, 0.5) is 0 Å². The molecule has 0 saturated carbocycles. The molecule has 0 aromatic heterocycles. The Morgan fingerprint density at radius 1 is 0.656 bits per heavy atom. The second-order valence-electron chi connectivity index (χ2n) is 8.29. The molecule has 8 nitrogen and oxygen atoms in total. The maximum Gasteiger partial charge on any atom is 0.335 e. The molecule has 2 aromatic rings. The van der Waals surface area contributed by atoms with Gasteiger partial charge in [-0.3, -0.25) is 0 Å². The van der Waals surface area contributed by atoms with Crippen LogP contribution in [0.1, 0.15) is 93.1 Å². The lowest BCUT2D eigenvalue weighted by Crippen LogP contribution is -2.14. The van der Waals surface area contributed by atoms with E-state index < -0.39 is 23.9 Å². The minimum Gasteiger partial charge on any atom is -0.478 e. The summed E-state index contributed by atoms with van der Waals surface area (Å²) >= 11 is 0. The molecule has 0 heterocycles. The summed E-state index contributed by atoms with van der Waals surface area (Å²) in [6, 6.07) is 8.43. The van der Waals surface area contributed by atoms with Crippen LogP contribution in [0.2, 0.25) is 0 Å². The van der Waals surface area contributed by atoms with E-state index in [2.05, 4.69) is 0 Å². The molecule has 0 radical (unpaired) electrons. The molecule has 32 heavy (non-hydrogen) atoms. The second-order valence-corrected chi connectivity index (χ2v) is 8.29. The minimum atomic E-state index is -1.12. The lowest BCUT2D eigenvalue weighted by atomic mass is 9.85. The zero-order valence-corrected chi connectivity index (χ0v) is 18.5. The van der Waals surface area contributed by atoms with Crippen molar-refractivity contribution in [3.05, 3.63) is 69.8 Å². The fraction of sp³-hybridized carbons (Fsp3) is 0.333. The molecular weight excluding hydrogens is 416 g/mol. The van der Waals surface area contributed by atoms with E-state index in [4.69, 9.17) is 20.4 Å². The molecule has 0 saturated heterocycles. The number of carboxylic acids is 4. The maximum atomic E-state index is 10.9. The minimum absolute atomic E-state index is 0.00447. The molecule has 172 valence electrons. The van der Waals surface area contributed by atoms with Crippen molar-refractivity contribution in [1.82, 2.24) is 0 Å². The van der Waals surface area contributed by atoms with Crippen molar-refractivity contribution in [3.63, 3.8) is 0 Å². The average molecular weight is 444 g/mol.